The Kier molecular flexibility index (Phi) is 4.38. The highest BCUT2D eigenvalue weighted by Gasteiger charge is 2.07. The molecule has 0 aliphatic carbocycles. The van der Waals surface area contributed by atoms with Crippen molar-refractivity contribution in [2.24, 2.45) is 0 Å². The van der Waals surface area contributed by atoms with E-state index in [0.717, 1.165) is 22.5 Å². The summed E-state index contributed by atoms with van der Waals surface area (Å²) in [6, 6.07) is 35.7. The van der Waals surface area contributed by atoms with E-state index in [9.17, 15) is 0 Å². The molecule has 0 saturated heterocycles. The molecule has 0 bridgehead atoms. The fourth-order valence-corrected chi connectivity index (χ4v) is 3.81. The van der Waals surface area contributed by atoms with Crippen LogP contribution in [0.2, 0.25) is 0 Å². The zero-order valence-electron chi connectivity index (χ0n) is 16.2. The Morgan fingerprint density at radius 2 is 1.07 bits per heavy atom. The zero-order valence-corrected chi connectivity index (χ0v) is 16.2. The van der Waals surface area contributed by atoms with Crippen LogP contribution in [0.25, 0.3) is 44.4 Å². The molecule has 0 N–H and O–H groups in total. The average molecular weight is 372 g/mol. The second kappa shape index (κ2) is 7.33. The molecular formula is C27H20N2. The molecule has 2 nitrogen and oxygen atoms in total. The van der Waals surface area contributed by atoms with E-state index in [4.69, 9.17) is 0 Å². The van der Waals surface area contributed by atoms with Crippen LogP contribution >= 0.6 is 0 Å². The fraction of sp³-hybridized carbons (Fsp3) is 0.0370. The monoisotopic (exact) mass is 372 g/mol. The second-order valence-electron chi connectivity index (χ2n) is 7.21. The van der Waals surface area contributed by atoms with E-state index in [1.165, 1.54) is 27.5 Å². The first-order valence-corrected chi connectivity index (χ1v) is 9.78. The lowest BCUT2D eigenvalue weighted by Gasteiger charge is -2.10. The predicted octanol–water partition coefficient (Wildman–Crippen LogP) is 6.94. The first-order valence-electron chi connectivity index (χ1n) is 9.78. The van der Waals surface area contributed by atoms with E-state index < -0.39 is 0 Å². The van der Waals surface area contributed by atoms with Crippen LogP contribution in [0.3, 0.4) is 0 Å². The number of rotatable bonds is 3. The molecule has 5 aromatic rings. The lowest BCUT2D eigenvalue weighted by Crippen LogP contribution is -1.91. The molecule has 0 aliphatic rings. The summed E-state index contributed by atoms with van der Waals surface area (Å²) in [5.41, 5.74) is 7.70. The largest absolute Gasteiger partial charge is 0.150 e. The summed E-state index contributed by atoms with van der Waals surface area (Å²) in [6.07, 6.45) is 0. The summed E-state index contributed by atoms with van der Waals surface area (Å²) in [5.74, 6) is 0. The maximum atomic E-state index is 4.44. The molecule has 0 spiro atoms. The Morgan fingerprint density at radius 3 is 1.76 bits per heavy atom. The summed E-state index contributed by atoms with van der Waals surface area (Å²) in [7, 11) is 0. The van der Waals surface area contributed by atoms with Gasteiger partial charge in [-0.2, -0.15) is 0 Å². The summed E-state index contributed by atoms with van der Waals surface area (Å²) in [5, 5.41) is 11.4. The molecule has 4 aromatic carbocycles. The van der Waals surface area contributed by atoms with Gasteiger partial charge in [0.15, 0.2) is 0 Å². The third kappa shape index (κ3) is 3.30. The van der Waals surface area contributed by atoms with E-state index in [-0.39, 0.29) is 0 Å². The highest BCUT2D eigenvalue weighted by molar-refractivity contribution is 5.91. The van der Waals surface area contributed by atoms with Crippen LogP contribution in [-0.4, -0.2) is 10.2 Å². The molecule has 0 amide bonds. The van der Waals surface area contributed by atoms with E-state index >= 15 is 0 Å². The first kappa shape index (κ1) is 17.3. The molecular weight excluding hydrogens is 352 g/mol. The molecule has 29 heavy (non-hydrogen) atoms. The minimum atomic E-state index is 0.881. The Bertz CT molecular complexity index is 1270. The van der Waals surface area contributed by atoms with Crippen molar-refractivity contribution < 1.29 is 0 Å². The van der Waals surface area contributed by atoms with Crippen LogP contribution in [0.5, 0.6) is 0 Å². The van der Waals surface area contributed by atoms with Crippen LogP contribution in [-0.2, 0) is 0 Å². The third-order valence-corrected chi connectivity index (χ3v) is 5.42. The lowest BCUT2D eigenvalue weighted by molar-refractivity contribution is 1.04. The molecule has 0 atom stereocenters. The van der Waals surface area contributed by atoms with Crippen molar-refractivity contribution in [1.82, 2.24) is 10.2 Å². The van der Waals surface area contributed by atoms with Crippen LogP contribution < -0.4 is 0 Å². The molecule has 0 saturated carbocycles. The number of hydrogen-bond acceptors (Lipinski definition) is 2. The van der Waals surface area contributed by atoms with Gasteiger partial charge in [-0.15, -0.1) is 10.2 Å². The second-order valence-corrected chi connectivity index (χ2v) is 7.21. The van der Waals surface area contributed by atoms with Crippen LogP contribution in [0, 0.1) is 6.92 Å². The molecule has 0 radical (unpaired) electrons. The maximum absolute atomic E-state index is 4.44. The lowest BCUT2D eigenvalue weighted by atomic mass is 9.94. The van der Waals surface area contributed by atoms with Gasteiger partial charge in [-0.1, -0.05) is 91.0 Å². The number of aryl methyl sites for hydroxylation is 1. The molecule has 1 heterocycles. The normalized spacial score (nSPS) is 10.9. The summed E-state index contributed by atoms with van der Waals surface area (Å²) in [6.45, 7) is 2.19. The van der Waals surface area contributed by atoms with Gasteiger partial charge in [0.05, 0.1) is 11.4 Å². The van der Waals surface area contributed by atoms with Gasteiger partial charge in [0, 0.05) is 11.1 Å². The number of fused-ring (bicyclic) bond motifs is 1. The van der Waals surface area contributed by atoms with E-state index in [0.29, 0.717) is 0 Å². The minimum absolute atomic E-state index is 0.881. The Balaban J connectivity index is 1.46. The highest BCUT2D eigenvalue weighted by Crippen LogP contribution is 2.31. The third-order valence-electron chi connectivity index (χ3n) is 5.42. The molecule has 1 aromatic heterocycles. The molecule has 138 valence electrons. The number of benzene rings is 4. The molecule has 0 aliphatic heterocycles. The Labute approximate surface area is 170 Å². The van der Waals surface area contributed by atoms with Crippen LogP contribution in [0.15, 0.2) is 103 Å². The van der Waals surface area contributed by atoms with Gasteiger partial charge in [0.1, 0.15) is 0 Å². The number of aromatic nitrogens is 2. The first-order chi connectivity index (χ1) is 14.3. The van der Waals surface area contributed by atoms with Gasteiger partial charge in [0.2, 0.25) is 0 Å². The summed E-state index contributed by atoms with van der Waals surface area (Å²) < 4.78 is 0. The van der Waals surface area contributed by atoms with Gasteiger partial charge in [-0.05, 0) is 46.5 Å². The van der Waals surface area contributed by atoms with Gasteiger partial charge in [0.25, 0.3) is 0 Å². The Morgan fingerprint density at radius 1 is 0.483 bits per heavy atom. The van der Waals surface area contributed by atoms with E-state index in [1.54, 1.807) is 0 Å². The molecule has 5 rings (SSSR count). The highest BCUT2D eigenvalue weighted by atomic mass is 15.1. The van der Waals surface area contributed by atoms with Crippen molar-refractivity contribution in [3.63, 3.8) is 0 Å². The minimum Gasteiger partial charge on any atom is -0.150 e. The number of nitrogens with zero attached hydrogens (tertiary/aromatic N) is 2. The number of hydrogen-bond donors (Lipinski definition) is 0. The van der Waals surface area contributed by atoms with Crippen molar-refractivity contribution in [2.75, 3.05) is 0 Å². The summed E-state index contributed by atoms with van der Waals surface area (Å²) in [4.78, 5) is 0. The van der Waals surface area contributed by atoms with Crippen molar-refractivity contribution in [2.45, 2.75) is 6.92 Å². The van der Waals surface area contributed by atoms with E-state index in [2.05, 4.69) is 77.8 Å². The quantitative estimate of drug-likeness (QED) is 0.343. The van der Waals surface area contributed by atoms with Gasteiger partial charge >= 0.3 is 0 Å². The van der Waals surface area contributed by atoms with Crippen LogP contribution in [0.4, 0.5) is 0 Å². The predicted molar refractivity (Wildman–Crippen MR) is 121 cm³/mol. The van der Waals surface area contributed by atoms with Crippen molar-refractivity contribution in [3.05, 3.63) is 109 Å². The SMILES string of the molecule is Cc1c(-c2ccc(-c3ccc(-c4ccccc4)nn3)cc2)ccc2ccccc12. The van der Waals surface area contributed by atoms with E-state index in [1.807, 2.05) is 42.5 Å². The van der Waals surface area contributed by atoms with Gasteiger partial charge in [-0.3, -0.25) is 0 Å². The smallest absolute Gasteiger partial charge is 0.0930 e. The fourth-order valence-electron chi connectivity index (χ4n) is 3.81. The Hall–Kier alpha value is -3.78. The standard InChI is InChI=1S/C27H20N2/c1-19-24-10-6-5-7-20(24)15-16-25(19)21-11-13-23(14-12-21)27-18-17-26(28-29-27)22-8-3-2-4-9-22/h2-18H,1H3. The van der Waals surface area contributed by atoms with Crippen molar-refractivity contribution >= 4 is 10.8 Å². The van der Waals surface area contributed by atoms with Gasteiger partial charge in [-0.25, -0.2) is 0 Å². The van der Waals surface area contributed by atoms with Crippen molar-refractivity contribution in [3.8, 4) is 33.6 Å². The zero-order chi connectivity index (χ0) is 19.6. The van der Waals surface area contributed by atoms with Gasteiger partial charge < -0.3 is 0 Å². The average Bonchev–Trinajstić information content (AvgIpc) is 2.80. The maximum Gasteiger partial charge on any atom is 0.0930 e. The topological polar surface area (TPSA) is 25.8 Å². The molecule has 0 fully saturated rings. The molecule has 0 unspecified atom stereocenters. The summed E-state index contributed by atoms with van der Waals surface area (Å²) >= 11 is 0. The van der Waals surface area contributed by atoms with Crippen LogP contribution in [0.1, 0.15) is 5.56 Å². The van der Waals surface area contributed by atoms with Crippen molar-refractivity contribution in [1.29, 1.82) is 0 Å². The molecule has 2 heteroatoms.